The number of carbonyl (C=O) groups excluding carboxylic acids is 1. The Bertz CT molecular complexity index is 399. The minimum atomic E-state index is -0.734. The van der Waals surface area contributed by atoms with Gasteiger partial charge < -0.3 is 9.84 Å². The molecule has 0 aromatic rings. The van der Waals surface area contributed by atoms with Crippen molar-refractivity contribution in [3.05, 3.63) is 24.3 Å². The van der Waals surface area contributed by atoms with Crippen molar-refractivity contribution >= 4 is 11.9 Å². The maximum Gasteiger partial charge on any atom is 0.306 e. The van der Waals surface area contributed by atoms with Crippen LogP contribution in [0.3, 0.4) is 0 Å². The molecular formula is C21H36O4. The summed E-state index contributed by atoms with van der Waals surface area (Å²) in [5.41, 5.74) is 0. The Morgan fingerprint density at radius 1 is 0.920 bits per heavy atom. The van der Waals surface area contributed by atoms with Gasteiger partial charge in [-0.05, 0) is 44.6 Å². The number of aliphatic carboxylic acids is 1. The van der Waals surface area contributed by atoms with Crippen LogP contribution in [-0.4, -0.2) is 23.1 Å². The standard InChI is InChI=1S/C21H36O4/c1-3-5-7-8-9-12-15-19(25-21(24)18-6-4-2)16-13-10-11-14-17-20(22)23/h7-8,12,15,19H,3-6,9-11,13-14,16-18H2,1-2H3,(H,22,23)/b8-7-,15-12-. The highest BCUT2D eigenvalue weighted by Crippen LogP contribution is 2.13. The van der Waals surface area contributed by atoms with Crippen molar-refractivity contribution in [3.63, 3.8) is 0 Å². The fraction of sp³-hybridized carbons (Fsp3) is 0.714. The average molecular weight is 353 g/mol. The SMILES string of the molecule is CCC/C=C\C/C=C\C(CCCCCCC(=O)O)OC(=O)CCCC. The van der Waals surface area contributed by atoms with Gasteiger partial charge in [0.25, 0.3) is 0 Å². The molecule has 0 aromatic carbocycles. The monoisotopic (exact) mass is 352 g/mol. The van der Waals surface area contributed by atoms with Gasteiger partial charge in [-0.3, -0.25) is 9.59 Å². The van der Waals surface area contributed by atoms with Crippen LogP contribution >= 0.6 is 0 Å². The van der Waals surface area contributed by atoms with Crippen LogP contribution in [0.25, 0.3) is 0 Å². The molecule has 0 saturated carbocycles. The zero-order valence-corrected chi connectivity index (χ0v) is 16.0. The third-order valence-corrected chi connectivity index (χ3v) is 3.89. The molecule has 4 nitrogen and oxygen atoms in total. The van der Waals surface area contributed by atoms with E-state index in [1.54, 1.807) is 0 Å². The Morgan fingerprint density at radius 2 is 1.68 bits per heavy atom. The Labute approximate surface area is 153 Å². The van der Waals surface area contributed by atoms with Gasteiger partial charge >= 0.3 is 11.9 Å². The lowest BCUT2D eigenvalue weighted by atomic mass is 10.1. The largest absolute Gasteiger partial charge is 0.481 e. The molecule has 144 valence electrons. The molecule has 0 heterocycles. The minimum Gasteiger partial charge on any atom is -0.481 e. The summed E-state index contributed by atoms with van der Waals surface area (Å²) in [6.07, 6.45) is 18.2. The maximum absolute atomic E-state index is 11.9. The lowest BCUT2D eigenvalue weighted by molar-refractivity contribution is -0.147. The van der Waals surface area contributed by atoms with Crippen molar-refractivity contribution in [3.8, 4) is 0 Å². The average Bonchev–Trinajstić information content (AvgIpc) is 2.58. The number of rotatable bonds is 16. The van der Waals surface area contributed by atoms with E-state index in [2.05, 4.69) is 32.1 Å². The number of ether oxygens (including phenoxy) is 1. The summed E-state index contributed by atoms with van der Waals surface area (Å²) in [4.78, 5) is 22.3. The molecule has 4 heteroatoms. The molecule has 25 heavy (non-hydrogen) atoms. The highest BCUT2D eigenvalue weighted by atomic mass is 16.5. The molecule has 0 fully saturated rings. The zero-order valence-electron chi connectivity index (χ0n) is 16.0. The van der Waals surface area contributed by atoms with Gasteiger partial charge in [0.15, 0.2) is 0 Å². The first-order valence-electron chi connectivity index (χ1n) is 9.83. The van der Waals surface area contributed by atoms with E-state index in [1.165, 1.54) is 0 Å². The number of hydrogen-bond acceptors (Lipinski definition) is 3. The molecule has 0 amide bonds. The number of carboxylic acids is 1. The van der Waals surface area contributed by atoms with Gasteiger partial charge in [-0.1, -0.05) is 57.8 Å². The molecule has 1 N–H and O–H groups in total. The Kier molecular flexibility index (Phi) is 16.2. The molecule has 1 atom stereocenters. The quantitative estimate of drug-likeness (QED) is 0.216. The highest BCUT2D eigenvalue weighted by molar-refractivity contribution is 5.69. The van der Waals surface area contributed by atoms with Crippen molar-refractivity contribution in [2.45, 2.75) is 97.0 Å². The van der Waals surface area contributed by atoms with Gasteiger partial charge in [0.2, 0.25) is 0 Å². The van der Waals surface area contributed by atoms with E-state index in [4.69, 9.17) is 9.84 Å². The Hall–Kier alpha value is -1.58. The van der Waals surface area contributed by atoms with E-state index in [-0.39, 0.29) is 18.5 Å². The smallest absolute Gasteiger partial charge is 0.306 e. The van der Waals surface area contributed by atoms with E-state index in [0.717, 1.165) is 57.8 Å². The molecule has 0 saturated heterocycles. The first kappa shape index (κ1) is 23.4. The highest BCUT2D eigenvalue weighted by Gasteiger charge is 2.11. The first-order valence-corrected chi connectivity index (χ1v) is 9.83. The fourth-order valence-electron chi connectivity index (χ4n) is 2.41. The fourth-order valence-corrected chi connectivity index (χ4v) is 2.41. The van der Waals surface area contributed by atoms with Gasteiger partial charge in [0.1, 0.15) is 6.10 Å². The van der Waals surface area contributed by atoms with Crippen LogP contribution in [0.4, 0.5) is 0 Å². The normalized spacial score (nSPS) is 12.7. The van der Waals surface area contributed by atoms with E-state index >= 15 is 0 Å². The van der Waals surface area contributed by atoms with Gasteiger partial charge in [0, 0.05) is 12.8 Å². The van der Waals surface area contributed by atoms with Gasteiger partial charge in [0.05, 0.1) is 0 Å². The van der Waals surface area contributed by atoms with Crippen molar-refractivity contribution in [2.75, 3.05) is 0 Å². The van der Waals surface area contributed by atoms with E-state index in [0.29, 0.717) is 12.8 Å². The molecule has 0 aromatic heterocycles. The molecule has 0 radical (unpaired) electrons. The van der Waals surface area contributed by atoms with Crippen LogP contribution in [0.5, 0.6) is 0 Å². The van der Waals surface area contributed by atoms with Crippen molar-refractivity contribution in [2.24, 2.45) is 0 Å². The van der Waals surface area contributed by atoms with Gasteiger partial charge in [-0.15, -0.1) is 0 Å². The summed E-state index contributed by atoms with van der Waals surface area (Å²) in [5.74, 6) is -0.856. The zero-order chi connectivity index (χ0) is 18.8. The van der Waals surface area contributed by atoms with Crippen LogP contribution in [0, 0.1) is 0 Å². The van der Waals surface area contributed by atoms with Gasteiger partial charge in [-0.2, -0.15) is 0 Å². The molecule has 0 spiro atoms. The maximum atomic E-state index is 11.9. The molecule has 0 rings (SSSR count). The molecular weight excluding hydrogens is 316 g/mol. The number of carbonyl (C=O) groups is 2. The predicted octanol–water partition coefficient (Wildman–Crippen LogP) is 5.82. The van der Waals surface area contributed by atoms with E-state index in [9.17, 15) is 9.59 Å². The minimum absolute atomic E-state index is 0.121. The number of hydrogen-bond donors (Lipinski definition) is 1. The summed E-state index contributed by atoms with van der Waals surface area (Å²) < 4.78 is 5.58. The third-order valence-electron chi connectivity index (χ3n) is 3.89. The molecule has 0 aliphatic rings. The molecule has 0 bridgehead atoms. The summed E-state index contributed by atoms with van der Waals surface area (Å²) in [5, 5.41) is 8.63. The van der Waals surface area contributed by atoms with Crippen LogP contribution < -0.4 is 0 Å². The third kappa shape index (κ3) is 17.0. The Balaban J connectivity index is 4.20. The van der Waals surface area contributed by atoms with Crippen LogP contribution in [-0.2, 0) is 14.3 Å². The second-order valence-corrected chi connectivity index (χ2v) is 6.40. The first-order chi connectivity index (χ1) is 12.1. The summed E-state index contributed by atoms with van der Waals surface area (Å²) in [6, 6.07) is 0. The van der Waals surface area contributed by atoms with E-state index < -0.39 is 5.97 Å². The number of unbranched alkanes of at least 4 members (excludes halogenated alkanes) is 5. The van der Waals surface area contributed by atoms with Crippen molar-refractivity contribution in [1.29, 1.82) is 0 Å². The summed E-state index contributed by atoms with van der Waals surface area (Å²) >= 11 is 0. The predicted molar refractivity (Wildman–Crippen MR) is 103 cm³/mol. The van der Waals surface area contributed by atoms with Crippen LogP contribution in [0.1, 0.15) is 90.9 Å². The molecule has 0 aliphatic carbocycles. The number of carboxylic acid groups (broad SMARTS) is 1. The second kappa shape index (κ2) is 17.2. The van der Waals surface area contributed by atoms with Gasteiger partial charge in [-0.25, -0.2) is 0 Å². The molecule has 1 unspecified atom stereocenters. The summed E-state index contributed by atoms with van der Waals surface area (Å²) in [7, 11) is 0. The van der Waals surface area contributed by atoms with Crippen LogP contribution in [0.15, 0.2) is 24.3 Å². The van der Waals surface area contributed by atoms with Crippen molar-refractivity contribution in [1.82, 2.24) is 0 Å². The Morgan fingerprint density at radius 3 is 2.36 bits per heavy atom. The van der Waals surface area contributed by atoms with E-state index in [1.807, 2.05) is 6.08 Å². The lowest BCUT2D eigenvalue weighted by Gasteiger charge is -2.14. The van der Waals surface area contributed by atoms with Crippen LogP contribution in [0.2, 0.25) is 0 Å². The molecule has 0 aliphatic heterocycles. The summed E-state index contributed by atoms with van der Waals surface area (Å²) in [6.45, 7) is 4.22. The lowest BCUT2D eigenvalue weighted by Crippen LogP contribution is -2.16. The topological polar surface area (TPSA) is 63.6 Å². The van der Waals surface area contributed by atoms with Crippen molar-refractivity contribution < 1.29 is 19.4 Å². The number of allylic oxidation sites excluding steroid dienone is 3. The number of esters is 1. The second-order valence-electron chi connectivity index (χ2n) is 6.40.